The molecule has 0 bridgehead atoms. The van der Waals surface area contributed by atoms with Gasteiger partial charge >= 0.3 is 6.09 Å². The molecule has 0 radical (unpaired) electrons. The minimum atomic E-state index is -3.56. The highest BCUT2D eigenvalue weighted by atomic mass is 35.5. The molecule has 592 valence electrons. The lowest BCUT2D eigenvalue weighted by atomic mass is 9.98. The number of ether oxygens (including phenoxy) is 1. The molecule has 13 aromatic rings. The van der Waals surface area contributed by atoms with Crippen molar-refractivity contribution >= 4 is 131 Å². The van der Waals surface area contributed by atoms with E-state index in [-0.39, 0.29) is 49.0 Å². The van der Waals surface area contributed by atoms with Gasteiger partial charge < -0.3 is 20.4 Å². The van der Waals surface area contributed by atoms with Crippen LogP contribution in [-0.2, 0) is 46.4 Å². The number of benzene rings is 8. The fourth-order valence-electron chi connectivity index (χ4n) is 12.1. The molecule has 8 aromatic carbocycles. The van der Waals surface area contributed by atoms with Crippen LogP contribution < -0.4 is 20.1 Å². The largest absolute Gasteiger partial charge is 0.444 e. The van der Waals surface area contributed by atoms with Crippen molar-refractivity contribution in [1.82, 2.24) is 44.7 Å². The highest BCUT2D eigenvalue weighted by Crippen LogP contribution is 2.40. The van der Waals surface area contributed by atoms with Crippen LogP contribution in [0.2, 0.25) is 5.15 Å². The van der Waals surface area contributed by atoms with E-state index in [1.54, 1.807) is 119 Å². The van der Waals surface area contributed by atoms with Gasteiger partial charge in [-0.1, -0.05) is 72.3 Å². The summed E-state index contributed by atoms with van der Waals surface area (Å²) in [6, 6.07) is 51.1. The maximum absolute atomic E-state index is 13.9. The molecule has 0 aliphatic rings. The molecule has 5 heterocycles. The van der Waals surface area contributed by atoms with E-state index in [4.69, 9.17) is 26.3 Å². The second-order valence-electron chi connectivity index (χ2n) is 30.0. The molecule has 1 amide bonds. The van der Waals surface area contributed by atoms with Gasteiger partial charge in [-0.25, -0.2) is 82.0 Å². The van der Waals surface area contributed by atoms with Gasteiger partial charge in [0.15, 0.2) is 19.7 Å². The van der Waals surface area contributed by atoms with E-state index in [9.17, 15) is 47.6 Å². The van der Waals surface area contributed by atoms with Crippen LogP contribution in [0.3, 0.4) is 0 Å². The molecule has 0 unspecified atom stereocenters. The molecule has 5 aromatic heterocycles. The number of alkyl carbamates (subject to hydrolysis) is 1. The first-order valence-electron chi connectivity index (χ1n) is 35.9. The molecule has 0 saturated carbocycles. The average molecular weight is 1650 g/mol. The first-order valence-corrected chi connectivity index (χ1v) is 43.6. The smallest absolute Gasteiger partial charge is 0.408 e. The zero-order valence-electron chi connectivity index (χ0n) is 65.2. The first-order chi connectivity index (χ1) is 53.0. The quantitative estimate of drug-likeness (QED) is 0.0323. The van der Waals surface area contributed by atoms with E-state index >= 15 is 0 Å². The molecule has 0 fully saturated rings. The molecular weight excluding hydrogens is 1560 g/mol. The Labute approximate surface area is 670 Å². The number of para-hydroxylation sites is 1. The summed E-state index contributed by atoms with van der Waals surface area (Å²) >= 11 is 7.82. The van der Waals surface area contributed by atoms with Crippen molar-refractivity contribution < 1.29 is 52.3 Å². The van der Waals surface area contributed by atoms with Gasteiger partial charge in [0.25, 0.3) is 0 Å². The second kappa shape index (κ2) is 35.4. The Morgan fingerprint density at radius 3 is 1.29 bits per heavy atom. The van der Waals surface area contributed by atoms with Crippen LogP contribution >= 0.6 is 23.4 Å². The number of aromatic amines is 1. The average Bonchev–Trinajstić information content (AvgIpc) is 1.83. The van der Waals surface area contributed by atoms with E-state index in [0.29, 0.717) is 60.7 Å². The Morgan fingerprint density at radius 2 is 0.867 bits per heavy atom. The number of halogens is 5. The van der Waals surface area contributed by atoms with E-state index < -0.39 is 71.0 Å². The van der Waals surface area contributed by atoms with Crippen molar-refractivity contribution in [2.24, 2.45) is 0 Å². The topological polar surface area (TPSA) is 257 Å². The van der Waals surface area contributed by atoms with E-state index in [1.807, 2.05) is 129 Å². The Bertz CT molecular complexity index is 6020. The number of anilines is 1. The molecule has 18 nitrogen and oxygen atoms in total. The number of imidazole rings is 1. The molecule has 6 atom stereocenters. The third kappa shape index (κ3) is 21.6. The number of hydrogen-bond acceptors (Lipinski definition) is 15. The zero-order valence-corrected chi connectivity index (χ0v) is 70.1. The maximum atomic E-state index is 13.9. The number of rotatable bonds is 17. The number of hydrogen-bond donors (Lipinski definition) is 5. The van der Waals surface area contributed by atoms with Gasteiger partial charge in [-0.05, 0) is 205 Å². The number of carbonyl (C=O) groups is 1. The molecule has 0 saturated heterocycles. The Balaban J connectivity index is 0.000000162. The van der Waals surface area contributed by atoms with Gasteiger partial charge in [0, 0.05) is 109 Å². The molecule has 0 aliphatic heterocycles. The van der Waals surface area contributed by atoms with Crippen molar-refractivity contribution in [2.45, 2.75) is 144 Å². The summed E-state index contributed by atoms with van der Waals surface area (Å²) in [4.78, 5) is 39.5. The Hall–Kier alpha value is -9.58. The normalized spacial score (nSPS) is 13.7. The summed E-state index contributed by atoms with van der Waals surface area (Å²) in [5, 5.41) is 9.63. The maximum Gasteiger partial charge on any atom is 0.408 e. The van der Waals surface area contributed by atoms with Gasteiger partial charge in [0.2, 0.25) is 0 Å². The Kier molecular flexibility index (Phi) is 26.9. The number of nitrogens with one attached hydrogen (secondary N) is 5. The summed E-state index contributed by atoms with van der Waals surface area (Å²) in [6.45, 7) is 24.4. The standard InChI is InChI=1S/C25H21FN4O2S.C23H25FN2O4S.C22H25FN2OS2.C15H18ClFN2OS/c1-15(29-21-8-5-7-20-25(21)28-14-27-20)19-12-16-10-11-17(26)13-22(16)30-24(19)18-6-3-4-9-23(18)33(2,31)32;1-14(25-22(27)30-23(2,3)4)18-12-15-10-11-16(24)13-19(15)26-21(18)17-8-6-7-9-20(17)31(5,28)29;1-14(25-28(26)22(2,3)4)18-12-15-10-11-16(23)13-19(15)24-21(18)17-8-6-7-9-20(17)27-5;1-9(19-21(20)15(2,3)4)12-7-10-5-6-11(17)8-13(10)18-14(12)16/h3-15,29H,1-2H3,(H,27,28);6-14H,1-5H3,(H,25,27);6-14,25H,1-5H3;5-9,19H,1-4H3/t15-;14-;14-,28+;9-,21+/m0000/s1. The third-order valence-corrected chi connectivity index (χ3v) is 24.5. The fraction of sp³-hybridized carbons (Fsp3) is 0.271. The lowest BCUT2D eigenvalue weighted by molar-refractivity contribution is 0.0507. The van der Waals surface area contributed by atoms with Gasteiger partial charge in [0.05, 0.1) is 110 Å². The Morgan fingerprint density at radius 1 is 0.487 bits per heavy atom. The van der Waals surface area contributed by atoms with Crippen LogP contribution in [0.4, 0.5) is 28.0 Å². The third-order valence-electron chi connectivity index (χ3n) is 17.7. The number of thioether (sulfide) groups is 1. The number of carbonyl (C=O) groups excluding carboxylic acids is 1. The van der Waals surface area contributed by atoms with Gasteiger partial charge in [-0.3, -0.25) is 0 Å². The molecular formula is C85H89ClF4N10O8S5. The van der Waals surface area contributed by atoms with Crippen LogP contribution in [0.15, 0.2) is 209 Å². The number of pyridine rings is 4. The number of fused-ring (bicyclic) bond motifs is 5. The molecule has 113 heavy (non-hydrogen) atoms. The molecule has 0 spiro atoms. The number of sulfone groups is 2. The predicted molar refractivity (Wildman–Crippen MR) is 451 cm³/mol. The van der Waals surface area contributed by atoms with Gasteiger partial charge in [0.1, 0.15) is 39.5 Å². The lowest BCUT2D eigenvalue weighted by Gasteiger charge is -2.24. The molecule has 0 aliphatic carbocycles. The lowest BCUT2D eigenvalue weighted by Crippen LogP contribution is -2.35. The highest BCUT2D eigenvalue weighted by molar-refractivity contribution is 7.98. The minimum Gasteiger partial charge on any atom is -0.444 e. The fourth-order valence-corrected chi connectivity index (χ4v) is 16.4. The van der Waals surface area contributed by atoms with E-state index in [1.165, 1.54) is 60.9 Å². The zero-order chi connectivity index (χ0) is 82.4. The summed E-state index contributed by atoms with van der Waals surface area (Å²) in [7, 11) is -9.50. The van der Waals surface area contributed by atoms with Crippen LogP contribution in [0.25, 0.3) is 88.4 Å². The van der Waals surface area contributed by atoms with Crippen molar-refractivity contribution in [2.75, 3.05) is 24.1 Å². The summed E-state index contributed by atoms with van der Waals surface area (Å²) in [5.41, 5.74) is 10.4. The molecule has 28 heteroatoms. The van der Waals surface area contributed by atoms with Crippen molar-refractivity contribution in [3.63, 3.8) is 0 Å². The molecule has 13 rings (SSSR count). The highest BCUT2D eigenvalue weighted by Gasteiger charge is 2.29. The van der Waals surface area contributed by atoms with E-state index in [0.717, 1.165) is 72.0 Å². The number of aromatic nitrogens is 6. The van der Waals surface area contributed by atoms with Gasteiger partial charge in [-0.15, -0.1) is 11.8 Å². The van der Waals surface area contributed by atoms with E-state index in [2.05, 4.69) is 40.0 Å². The SMILES string of the molecule is CSc1ccccc1-c1nc2cc(F)ccc2cc1[C@H](C)N[S@](=O)C(C)(C)C.C[C@H](NC(=O)OC(C)(C)C)c1cc2ccc(F)cc2nc1-c1ccccc1S(C)(=O)=O.C[C@H](N[S@](=O)C(C)(C)C)c1cc2ccc(F)cc2nc1Cl.C[C@H](Nc1cccc2[nH]cnc12)c1cc2ccc(F)cc2nc1-c1ccccc1S(C)(=O)=O. The predicted octanol–water partition coefficient (Wildman–Crippen LogP) is 20.5. The monoisotopic (exact) mass is 1650 g/mol. The number of H-pyrrole nitrogens is 1. The summed E-state index contributed by atoms with van der Waals surface area (Å²) in [6.07, 6.45) is 5.35. The second-order valence-corrected chi connectivity index (χ2v) is 39.2. The van der Waals surface area contributed by atoms with Crippen LogP contribution in [0, 0.1) is 23.3 Å². The first kappa shape index (κ1) is 85.8. The summed E-state index contributed by atoms with van der Waals surface area (Å²) in [5.74, 6) is -1.51. The van der Waals surface area contributed by atoms with Crippen molar-refractivity contribution in [1.29, 1.82) is 0 Å². The number of nitrogens with zero attached hydrogens (tertiary/aromatic N) is 5. The summed E-state index contributed by atoms with van der Waals surface area (Å²) < 4.78 is 140. The minimum absolute atomic E-state index is 0.101. The van der Waals surface area contributed by atoms with Crippen LogP contribution in [0.5, 0.6) is 0 Å². The van der Waals surface area contributed by atoms with Crippen molar-refractivity contribution in [3.8, 4) is 33.8 Å². The van der Waals surface area contributed by atoms with Crippen molar-refractivity contribution in [3.05, 3.63) is 245 Å². The van der Waals surface area contributed by atoms with Crippen LogP contribution in [0.1, 0.15) is 136 Å². The van der Waals surface area contributed by atoms with Crippen LogP contribution in [-0.4, -0.2) is 95.1 Å². The molecule has 5 N–H and O–H groups in total. The van der Waals surface area contributed by atoms with Gasteiger partial charge in [-0.2, -0.15) is 0 Å². The number of amides is 1.